The highest BCUT2D eigenvalue weighted by Crippen LogP contribution is 2.19. The summed E-state index contributed by atoms with van der Waals surface area (Å²) >= 11 is 0. The number of carboxylic acid groups (broad SMARTS) is 1. The Morgan fingerprint density at radius 3 is 2.40 bits per heavy atom. The van der Waals surface area contributed by atoms with Crippen LogP contribution in [0, 0.1) is 11.6 Å². The van der Waals surface area contributed by atoms with Gasteiger partial charge in [-0.2, -0.15) is 0 Å². The fourth-order valence-electron chi connectivity index (χ4n) is 1.15. The molecule has 1 atom stereocenters. The lowest BCUT2D eigenvalue weighted by atomic mass is 10.2. The second-order valence-corrected chi connectivity index (χ2v) is 3.04. The van der Waals surface area contributed by atoms with Gasteiger partial charge in [-0.05, 0) is 18.6 Å². The van der Waals surface area contributed by atoms with Crippen LogP contribution in [0.4, 0.5) is 14.5 Å². The molecule has 0 bridgehead atoms. The van der Waals surface area contributed by atoms with Crippen molar-refractivity contribution < 1.29 is 18.7 Å². The molecule has 1 unspecified atom stereocenters. The van der Waals surface area contributed by atoms with E-state index in [1.165, 1.54) is 6.07 Å². The van der Waals surface area contributed by atoms with Crippen LogP contribution < -0.4 is 5.32 Å². The van der Waals surface area contributed by atoms with E-state index in [1.54, 1.807) is 6.92 Å². The molecule has 0 saturated heterocycles. The number of hydrogen-bond acceptors (Lipinski definition) is 2. The molecule has 0 spiro atoms. The summed E-state index contributed by atoms with van der Waals surface area (Å²) < 4.78 is 26.2. The molecule has 0 aliphatic carbocycles. The summed E-state index contributed by atoms with van der Waals surface area (Å²) in [5, 5.41) is 11.0. The third kappa shape index (κ3) is 2.65. The molecule has 0 radical (unpaired) electrons. The second kappa shape index (κ2) is 4.72. The minimum absolute atomic E-state index is 0.239. The van der Waals surface area contributed by atoms with E-state index in [9.17, 15) is 13.6 Å². The molecular formula is C10H11F2NO2. The van der Waals surface area contributed by atoms with Crippen LogP contribution in [0.3, 0.4) is 0 Å². The third-order valence-electron chi connectivity index (χ3n) is 1.99. The molecule has 0 aromatic heterocycles. The average molecular weight is 215 g/mol. The van der Waals surface area contributed by atoms with E-state index in [1.807, 2.05) is 0 Å². The van der Waals surface area contributed by atoms with Gasteiger partial charge in [-0.3, -0.25) is 0 Å². The lowest BCUT2D eigenvalue weighted by molar-refractivity contribution is -0.137. The lowest BCUT2D eigenvalue weighted by Crippen LogP contribution is -2.29. The third-order valence-corrected chi connectivity index (χ3v) is 1.99. The second-order valence-electron chi connectivity index (χ2n) is 3.04. The molecule has 2 N–H and O–H groups in total. The van der Waals surface area contributed by atoms with Gasteiger partial charge in [0, 0.05) is 0 Å². The van der Waals surface area contributed by atoms with E-state index in [0.717, 1.165) is 12.1 Å². The molecule has 1 rings (SSSR count). The average Bonchev–Trinajstić information content (AvgIpc) is 2.17. The summed E-state index contributed by atoms with van der Waals surface area (Å²) in [4.78, 5) is 10.7. The summed E-state index contributed by atoms with van der Waals surface area (Å²) in [5.41, 5.74) is -0.397. The first kappa shape index (κ1) is 11.4. The minimum atomic E-state index is -1.14. The van der Waals surface area contributed by atoms with Crippen LogP contribution in [0.1, 0.15) is 13.3 Å². The van der Waals surface area contributed by atoms with Gasteiger partial charge in [0.2, 0.25) is 0 Å². The van der Waals surface area contributed by atoms with E-state index in [4.69, 9.17) is 5.11 Å². The van der Waals surface area contributed by atoms with Crippen molar-refractivity contribution in [1.82, 2.24) is 0 Å². The molecule has 0 amide bonds. The number of nitrogens with one attached hydrogen (secondary N) is 1. The molecule has 0 saturated carbocycles. The molecule has 15 heavy (non-hydrogen) atoms. The van der Waals surface area contributed by atoms with Gasteiger partial charge in [0.15, 0.2) is 0 Å². The molecule has 0 fully saturated rings. The Morgan fingerprint density at radius 2 is 2.00 bits per heavy atom. The molecular weight excluding hydrogens is 204 g/mol. The van der Waals surface area contributed by atoms with Gasteiger partial charge >= 0.3 is 5.97 Å². The molecule has 5 heteroatoms. The number of rotatable bonds is 4. The van der Waals surface area contributed by atoms with Crippen molar-refractivity contribution in [2.24, 2.45) is 0 Å². The van der Waals surface area contributed by atoms with Crippen LogP contribution in [-0.2, 0) is 4.79 Å². The summed E-state index contributed by atoms with van der Waals surface area (Å²) in [6, 6.07) is 2.37. The molecule has 0 heterocycles. The number of hydrogen-bond donors (Lipinski definition) is 2. The van der Waals surface area contributed by atoms with Crippen LogP contribution in [0.5, 0.6) is 0 Å². The maximum Gasteiger partial charge on any atom is 0.326 e. The Hall–Kier alpha value is -1.65. The Bertz CT molecular complexity index is 348. The largest absolute Gasteiger partial charge is 0.480 e. The van der Waals surface area contributed by atoms with E-state index < -0.39 is 29.3 Å². The molecule has 82 valence electrons. The first-order valence-electron chi connectivity index (χ1n) is 4.49. The minimum Gasteiger partial charge on any atom is -0.480 e. The number of benzene rings is 1. The molecule has 3 nitrogen and oxygen atoms in total. The van der Waals surface area contributed by atoms with Crippen LogP contribution in [-0.4, -0.2) is 17.1 Å². The Morgan fingerprint density at radius 1 is 1.47 bits per heavy atom. The zero-order valence-corrected chi connectivity index (χ0v) is 8.13. The number of aliphatic carboxylic acids is 1. The molecule has 0 aliphatic heterocycles. The van der Waals surface area contributed by atoms with Gasteiger partial charge in [-0.25, -0.2) is 13.6 Å². The Balaban J connectivity index is 2.92. The number of halogens is 2. The zero-order chi connectivity index (χ0) is 11.4. The van der Waals surface area contributed by atoms with Crippen LogP contribution in [0.2, 0.25) is 0 Å². The molecule has 1 aromatic carbocycles. The highest BCUT2D eigenvalue weighted by atomic mass is 19.1. The maximum absolute atomic E-state index is 13.1. The van der Waals surface area contributed by atoms with E-state index in [-0.39, 0.29) is 6.42 Å². The van der Waals surface area contributed by atoms with Crippen molar-refractivity contribution in [3.63, 3.8) is 0 Å². The normalized spacial score (nSPS) is 12.2. The summed E-state index contributed by atoms with van der Waals surface area (Å²) in [6.45, 7) is 1.62. The number of para-hydroxylation sites is 1. The van der Waals surface area contributed by atoms with Crippen molar-refractivity contribution in [2.45, 2.75) is 19.4 Å². The topological polar surface area (TPSA) is 49.3 Å². The monoisotopic (exact) mass is 215 g/mol. The smallest absolute Gasteiger partial charge is 0.326 e. The summed E-state index contributed by atoms with van der Waals surface area (Å²) in [7, 11) is 0. The van der Waals surface area contributed by atoms with Gasteiger partial charge < -0.3 is 10.4 Å². The van der Waals surface area contributed by atoms with Crippen LogP contribution in [0.25, 0.3) is 0 Å². The van der Waals surface area contributed by atoms with Gasteiger partial charge in [0.05, 0.1) is 0 Å². The Labute approximate surface area is 85.7 Å². The first-order chi connectivity index (χ1) is 7.06. The number of carboxylic acids is 1. The summed E-state index contributed by atoms with van der Waals surface area (Å²) in [5.74, 6) is -2.73. The molecule has 1 aromatic rings. The van der Waals surface area contributed by atoms with Crippen LogP contribution >= 0.6 is 0 Å². The fraction of sp³-hybridized carbons (Fsp3) is 0.300. The van der Waals surface area contributed by atoms with Gasteiger partial charge in [-0.15, -0.1) is 0 Å². The lowest BCUT2D eigenvalue weighted by Gasteiger charge is -2.14. The van der Waals surface area contributed by atoms with Crippen molar-refractivity contribution in [1.29, 1.82) is 0 Å². The maximum atomic E-state index is 13.1. The molecule has 0 aliphatic rings. The van der Waals surface area contributed by atoms with Crippen LogP contribution in [0.15, 0.2) is 18.2 Å². The fourth-order valence-corrected chi connectivity index (χ4v) is 1.15. The number of carbonyl (C=O) groups is 1. The summed E-state index contributed by atoms with van der Waals surface area (Å²) in [6.07, 6.45) is 0.239. The quantitative estimate of drug-likeness (QED) is 0.809. The Kier molecular flexibility index (Phi) is 3.60. The standard InChI is InChI=1S/C10H11F2NO2/c1-2-8(10(14)15)13-9-6(11)4-3-5-7(9)12/h3-5,8,13H,2H2,1H3,(H,14,15). The zero-order valence-electron chi connectivity index (χ0n) is 8.13. The van der Waals surface area contributed by atoms with Gasteiger partial charge in [0.25, 0.3) is 0 Å². The van der Waals surface area contributed by atoms with Crippen molar-refractivity contribution >= 4 is 11.7 Å². The van der Waals surface area contributed by atoms with E-state index >= 15 is 0 Å². The van der Waals surface area contributed by atoms with E-state index in [2.05, 4.69) is 5.32 Å². The highest BCUT2D eigenvalue weighted by molar-refractivity contribution is 5.77. The number of anilines is 1. The predicted molar refractivity (Wildman–Crippen MR) is 51.7 cm³/mol. The van der Waals surface area contributed by atoms with Crippen molar-refractivity contribution in [3.05, 3.63) is 29.8 Å². The van der Waals surface area contributed by atoms with E-state index in [0.29, 0.717) is 0 Å². The highest BCUT2D eigenvalue weighted by Gasteiger charge is 2.18. The van der Waals surface area contributed by atoms with Gasteiger partial charge in [-0.1, -0.05) is 13.0 Å². The SMILES string of the molecule is CCC(Nc1c(F)cccc1F)C(=O)O. The predicted octanol–water partition coefficient (Wildman–Crippen LogP) is 2.24. The van der Waals surface area contributed by atoms with Crippen molar-refractivity contribution in [2.75, 3.05) is 5.32 Å². The van der Waals surface area contributed by atoms with Gasteiger partial charge in [0.1, 0.15) is 23.4 Å². The first-order valence-corrected chi connectivity index (χ1v) is 4.49. The van der Waals surface area contributed by atoms with Crippen molar-refractivity contribution in [3.8, 4) is 0 Å².